The van der Waals surface area contributed by atoms with Gasteiger partial charge in [-0.25, -0.2) is 0 Å². The highest BCUT2D eigenvalue weighted by Gasteiger charge is 2.30. The third-order valence-corrected chi connectivity index (χ3v) is 5.46. The smallest absolute Gasteiger partial charge is 0.241 e. The molecule has 1 aromatic heterocycles. The van der Waals surface area contributed by atoms with E-state index < -0.39 is 0 Å². The van der Waals surface area contributed by atoms with Gasteiger partial charge in [0.15, 0.2) is 0 Å². The summed E-state index contributed by atoms with van der Waals surface area (Å²) in [5.41, 5.74) is 2.48. The van der Waals surface area contributed by atoms with Crippen LogP contribution < -0.4 is 5.32 Å². The Morgan fingerprint density at radius 3 is 2.72 bits per heavy atom. The zero-order chi connectivity index (χ0) is 17.8. The summed E-state index contributed by atoms with van der Waals surface area (Å²) in [5.74, 6) is -0.221. The topological polar surface area (TPSA) is 52.7 Å². The van der Waals surface area contributed by atoms with Crippen LogP contribution in [0.3, 0.4) is 0 Å². The van der Waals surface area contributed by atoms with E-state index in [0.29, 0.717) is 0 Å². The van der Waals surface area contributed by atoms with E-state index in [1.165, 1.54) is 20.9 Å². The van der Waals surface area contributed by atoms with E-state index in [2.05, 4.69) is 33.8 Å². The van der Waals surface area contributed by atoms with Crippen molar-refractivity contribution < 1.29 is 9.59 Å². The molecule has 0 unspecified atom stereocenters. The minimum Gasteiger partial charge on any atom is -0.347 e. The van der Waals surface area contributed by atoms with Crippen LogP contribution in [0.4, 0.5) is 0 Å². The number of thiophene rings is 1. The molecule has 132 valence electrons. The first-order valence-electron chi connectivity index (χ1n) is 8.38. The molecule has 1 aliphatic rings. The Bertz CT molecular complexity index is 742. The van der Waals surface area contributed by atoms with Gasteiger partial charge in [-0.05, 0) is 29.0 Å². The van der Waals surface area contributed by atoms with Crippen LogP contribution >= 0.6 is 11.3 Å². The monoisotopic (exact) mass is 357 g/mol. The maximum absolute atomic E-state index is 12.3. The molecular weight excluding hydrogens is 334 g/mol. The molecular formula is C19H23N3O2S. The summed E-state index contributed by atoms with van der Waals surface area (Å²) in [4.78, 5) is 29.1. The maximum Gasteiger partial charge on any atom is 0.241 e. The third kappa shape index (κ3) is 4.08. The second-order valence-electron chi connectivity index (χ2n) is 6.40. The number of nitrogens with one attached hydrogen (secondary N) is 1. The number of rotatable bonds is 5. The van der Waals surface area contributed by atoms with Crippen molar-refractivity contribution in [3.63, 3.8) is 0 Å². The number of hydrogen-bond donors (Lipinski definition) is 1. The Morgan fingerprint density at radius 1 is 1.24 bits per heavy atom. The minimum absolute atomic E-state index is 0.0410. The van der Waals surface area contributed by atoms with Gasteiger partial charge in [0.05, 0.1) is 19.1 Å². The van der Waals surface area contributed by atoms with Gasteiger partial charge in [0.25, 0.3) is 0 Å². The van der Waals surface area contributed by atoms with Crippen molar-refractivity contribution in [2.24, 2.45) is 0 Å². The van der Waals surface area contributed by atoms with Crippen molar-refractivity contribution in [1.29, 1.82) is 0 Å². The zero-order valence-electron chi connectivity index (χ0n) is 14.6. The predicted molar refractivity (Wildman–Crippen MR) is 99.6 cm³/mol. The zero-order valence-corrected chi connectivity index (χ0v) is 15.4. The van der Waals surface area contributed by atoms with Gasteiger partial charge in [-0.15, -0.1) is 11.3 Å². The summed E-state index contributed by atoms with van der Waals surface area (Å²) in [5, 5.41) is 4.86. The molecule has 1 aliphatic heterocycles. The van der Waals surface area contributed by atoms with Crippen LogP contribution in [0.1, 0.15) is 22.0 Å². The molecule has 1 N–H and O–H groups in total. The molecule has 25 heavy (non-hydrogen) atoms. The quantitative estimate of drug-likeness (QED) is 0.889. The molecule has 0 bridgehead atoms. The summed E-state index contributed by atoms with van der Waals surface area (Å²) < 4.78 is 0. The second kappa shape index (κ2) is 7.80. The van der Waals surface area contributed by atoms with Gasteiger partial charge in [0, 0.05) is 25.5 Å². The van der Waals surface area contributed by atoms with Gasteiger partial charge >= 0.3 is 0 Å². The molecule has 0 saturated carbocycles. The largest absolute Gasteiger partial charge is 0.347 e. The average Bonchev–Trinajstić information content (AvgIpc) is 3.08. The average molecular weight is 357 g/mol. The van der Waals surface area contributed by atoms with E-state index in [1.807, 2.05) is 18.2 Å². The van der Waals surface area contributed by atoms with Crippen LogP contribution in [0.2, 0.25) is 0 Å². The molecule has 0 saturated heterocycles. The van der Waals surface area contributed by atoms with Crippen molar-refractivity contribution in [3.05, 3.63) is 57.8 Å². The highest BCUT2D eigenvalue weighted by molar-refractivity contribution is 7.10. The van der Waals surface area contributed by atoms with Gasteiger partial charge in [-0.2, -0.15) is 0 Å². The first-order valence-corrected chi connectivity index (χ1v) is 9.26. The first kappa shape index (κ1) is 17.6. The van der Waals surface area contributed by atoms with Gasteiger partial charge in [-0.3, -0.25) is 14.5 Å². The number of benzene rings is 1. The Balaban J connectivity index is 1.74. The van der Waals surface area contributed by atoms with E-state index in [-0.39, 0.29) is 30.9 Å². The number of fused-ring (bicyclic) bond motifs is 1. The van der Waals surface area contributed by atoms with E-state index in [1.54, 1.807) is 25.4 Å². The normalized spacial score (nSPS) is 17.0. The van der Waals surface area contributed by atoms with Crippen molar-refractivity contribution in [1.82, 2.24) is 15.1 Å². The molecule has 2 aromatic rings. The minimum atomic E-state index is -0.116. The maximum atomic E-state index is 12.3. The summed E-state index contributed by atoms with van der Waals surface area (Å²) >= 11 is 1.78. The standard InChI is InChI=1S/C19H23N3O2S/c1-21(2)18(24)12-20-17(23)13-22-10-8-16-15(9-11-25-16)19(22)14-6-4-3-5-7-14/h3-7,9,11,19H,8,10,12-13H2,1-2H3,(H,20,23)/t19-/m1/s1. The summed E-state index contributed by atoms with van der Waals surface area (Å²) in [6.07, 6.45) is 0.959. The SMILES string of the molecule is CN(C)C(=O)CNC(=O)CN1CCc2sccc2[C@H]1c1ccccc1. The fourth-order valence-corrected chi connectivity index (χ4v) is 4.04. The summed E-state index contributed by atoms with van der Waals surface area (Å²) in [6.45, 7) is 1.16. The van der Waals surface area contributed by atoms with Crippen LogP contribution in [-0.4, -0.2) is 55.3 Å². The lowest BCUT2D eigenvalue weighted by atomic mass is 9.93. The fraction of sp³-hybridized carbons (Fsp3) is 0.368. The molecule has 0 radical (unpaired) electrons. The van der Waals surface area contributed by atoms with E-state index >= 15 is 0 Å². The second-order valence-corrected chi connectivity index (χ2v) is 7.40. The Morgan fingerprint density at radius 2 is 2.00 bits per heavy atom. The number of likely N-dealkylation sites (N-methyl/N-ethyl adjacent to an activating group) is 1. The van der Waals surface area contributed by atoms with Crippen molar-refractivity contribution >= 4 is 23.2 Å². The Kier molecular flexibility index (Phi) is 5.50. The molecule has 0 fully saturated rings. The lowest BCUT2D eigenvalue weighted by Gasteiger charge is -2.35. The van der Waals surface area contributed by atoms with Crippen molar-refractivity contribution in [2.75, 3.05) is 33.7 Å². The Hall–Kier alpha value is -2.18. The first-order chi connectivity index (χ1) is 12.1. The third-order valence-electron chi connectivity index (χ3n) is 4.46. The van der Waals surface area contributed by atoms with Crippen LogP contribution in [-0.2, 0) is 16.0 Å². The lowest BCUT2D eigenvalue weighted by Crippen LogP contribution is -2.45. The highest BCUT2D eigenvalue weighted by atomic mass is 32.1. The molecule has 1 atom stereocenters. The molecule has 5 nitrogen and oxygen atoms in total. The predicted octanol–water partition coefficient (Wildman–Crippen LogP) is 1.90. The number of hydrogen-bond acceptors (Lipinski definition) is 4. The van der Waals surface area contributed by atoms with Crippen LogP contribution in [0.15, 0.2) is 41.8 Å². The number of amides is 2. The number of carbonyl (C=O) groups is 2. The van der Waals surface area contributed by atoms with Crippen molar-refractivity contribution in [3.8, 4) is 0 Å². The molecule has 6 heteroatoms. The Labute approximate surface area is 152 Å². The van der Waals surface area contributed by atoms with E-state index in [9.17, 15) is 9.59 Å². The van der Waals surface area contributed by atoms with Gasteiger partial charge in [0.2, 0.25) is 11.8 Å². The lowest BCUT2D eigenvalue weighted by molar-refractivity contribution is -0.131. The van der Waals surface area contributed by atoms with Crippen LogP contribution in [0.25, 0.3) is 0 Å². The van der Waals surface area contributed by atoms with E-state index in [0.717, 1.165) is 13.0 Å². The fourth-order valence-electron chi connectivity index (χ4n) is 3.14. The van der Waals surface area contributed by atoms with Crippen LogP contribution in [0, 0.1) is 0 Å². The molecule has 2 amide bonds. The van der Waals surface area contributed by atoms with Gasteiger partial charge < -0.3 is 10.2 Å². The number of carbonyl (C=O) groups excluding carboxylic acids is 2. The van der Waals surface area contributed by atoms with Gasteiger partial charge in [-0.1, -0.05) is 30.3 Å². The molecule has 3 rings (SSSR count). The van der Waals surface area contributed by atoms with E-state index in [4.69, 9.17) is 0 Å². The van der Waals surface area contributed by atoms with Crippen molar-refractivity contribution in [2.45, 2.75) is 12.5 Å². The molecule has 2 heterocycles. The highest BCUT2D eigenvalue weighted by Crippen LogP contribution is 2.37. The van der Waals surface area contributed by atoms with Crippen LogP contribution in [0.5, 0.6) is 0 Å². The summed E-state index contributed by atoms with van der Waals surface area (Å²) in [7, 11) is 3.37. The van der Waals surface area contributed by atoms with Gasteiger partial charge in [0.1, 0.15) is 0 Å². The molecule has 0 aliphatic carbocycles. The summed E-state index contributed by atoms with van der Waals surface area (Å²) in [6, 6.07) is 12.5. The number of nitrogens with zero attached hydrogens (tertiary/aromatic N) is 2. The molecule has 0 spiro atoms. The molecule has 1 aromatic carbocycles.